The SMILES string of the molecule is COCCN(C)Cc1ccc(C(=O)Nc2nc3c(OC)ccc(C4CCNCC4)c3s2)cc1. The summed E-state index contributed by atoms with van der Waals surface area (Å²) in [6, 6.07) is 11.9. The Balaban J connectivity index is 1.49. The van der Waals surface area contributed by atoms with E-state index >= 15 is 0 Å². The van der Waals surface area contributed by atoms with E-state index in [4.69, 9.17) is 14.5 Å². The number of rotatable bonds is 9. The third-order valence-corrected chi connectivity index (χ3v) is 7.12. The summed E-state index contributed by atoms with van der Waals surface area (Å²) in [5.74, 6) is 1.08. The maximum atomic E-state index is 12.9. The van der Waals surface area contributed by atoms with Gasteiger partial charge in [0.25, 0.3) is 5.91 Å². The number of piperidine rings is 1. The van der Waals surface area contributed by atoms with Crippen LogP contribution in [-0.2, 0) is 11.3 Å². The van der Waals surface area contributed by atoms with Gasteiger partial charge in [0.05, 0.1) is 18.4 Å². The third-order valence-electron chi connectivity index (χ3n) is 6.10. The van der Waals surface area contributed by atoms with Crippen LogP contribution in [0.1, 0.15) is 40.2 Å². The number of anilines is 1. The zero-order valence-corrected chi connectivity index (χ0v) is 20.3. The molecule has 4 rings (SSSR count). The van der Waals surface area contributed by atoms with Crippen molar-refractivity contribution in [1.29, 1.82) is 0 Å². The van der Waals surface area contributed by atoms with Gasteiger partial charge in [-0.2, -0.15) is 0 Å². The monoisotopic (exact) mass is 468 g/mol. The first-order valence-electron chi connectivity index (χ1n) is 11.3. The van der Waals surface area contributed by atoms with E-state index in [1.165, 1.54) is 16.9 Å². The molecule has 2 heterocycles. The van der Waals surface area contributed by atoms with E-state index in [9.17, 15) is 4.79 Å². The second-order valence-electron chi connectivity index (χ2n) is 8.46. The van der Waals surface area contributed by atoms with Crippen molar-refractivity contribution in [2.24, 2.45) is 0 Å². The highest BCUT2D eigenvalue weighted by molar-refractivity contribution is 7.22. The van der Waals surface area contributed by atoms with Gasteiger partial charge >= 0.3 is 0 Å². The summed E-state index contributed by atoms with van der Waals surface area (Å²) in [7, 11) is 5.42. The fraction of sp³-hybridized carbons (Fsp3) is 0.440. The van der Waals surface area contributed by atoms with Crippen molar-refractivity contribution in [3.8, 4) is 5.75 Å². The number of carbonyl (C=O) groups excluding carboxylic acids is 1. The number of amides is 1. The Morgan fingerprint density at radius 2 is 1.94 bits per heavy atom. The number of nitrogens with zero attached hydrogens (tertiary/aromatic N) is 2. The van der Waals surface area contributed by atoms with Crippen LogP contribution in [0.15, 0.2) is 36.4 Å². The Bertz CT molecular complexity index is 1080. The lowest BCUT2D eigenvalue weighted by atomic mass is 9.90. The van der Waals surface area contributed by atoms with Gasteiger partial charge in [0.15, 0.2) is 5.13 Å². The molecule has 0 aliphatic carbocycles. The zero-order valence-electron chi connectivity index (χ0n) is 19.5. The number of benzene rings is 2. The quantitative estimate of drug-likeness (QED) is 0.492. The van der Waals surface area contributed by atoms with Gasteiger partial charge < -0.3 is 14.8 Å². The molecule has 8 heteroatoms. The molecule has 176 valence electrons. The van der Waals surface area contributed by atoms with Gasteiger partial charge in [0.2, 0.25) is 0 Å². The molecule has 7 nitrogen and oxygen atoms in total. The van der Waals surface area contributed by atoms with Gasteiger partial charge in [-0.05, 0) is 68.2 Å². The molecule has 1 saturated heterocycles. The number of thiazole rings is 1. The van der Waals surface area contributed by atoms with Gasteiger partial charge in [-0.15, -0.1) is 0 Å². The third kappa shape index (κ3) is 5.70. The highest BCUT2D eigenvalue weighted by Gasteiger charge is 2.22. The molecule has 2 N–H and O–H groups in total. The molecule has 33 heavy (non-hydrogen) atoms. The molecule has 0 saturated carbocycles. The Kier molecular flexibility index (Phi) is 7.93. The average molecular weight is 469 g/mol. The summed E-state index contributed by atoms with van der Waals surface area (Å²) < 4.78 is 11.8. The predicted molar refractivity (Wildman–Crippen MR) is 134 cm³/mol. The number of methoxy groups -OCH3 is 2. The highest BCUT2D eigenvalue weighted by atomic mass is 32.1. The van der Waals surface area contributed by atoms with Crippen LogP contribution in [0.3, 0.4) is 0 Å². The van der Waals surface area contributed by atoms with Crippen molar-refractivity contribution in [1.82, 2.24) is 15.2 Å². The van der Waals surface area contributed by atoms with Crippen molar-refractivity contribution in [2.75, 3.05) is 52.8 Å². The molecule has 0 atom stereocenters. The first-order valence-corrected chi connectivity index (χ1v) is 12.2. The summed E-state index contributed by atoms with van der Waals surface area (Å²) in [5, 5.41) is 7.01. The van der Waals surface area contributed by atoms with E-state index in [0.29, 0.717) is 23.2 Å². The van der Waals surface area contributed by atoms with Gasteiger partial charge in [-0.25, -0.2) is 4.98 Å². The molecule has 0 unspecified atom stereocenters. The lowest BCUT2D eigenvalue weighted by Crippen LogP contribution is -2.26. The molecular formula is C25H32N4O3S. The van der Waals surface area contributed by atoms with Crippen LogP contribution in [0.5, 0.6) is 5.75 Å². The van der Waals surface area contributed by atoms with Crippen LogP contribution in [0.2, 0.25) is 0 Å². The fourth-order valence-corrected chi connectivity index (χ4v) is 5.31. The molecule has 1 fully saturated rings. The summed E-state index contributed by atoms with van der Waals surface area (Å²) >= 11 is 1.53. The minimum absolute atomic E-state index is 0.157. The second kappa shape index (κ2) is 11.1. The van der Waals surface area contributed by atoms with Crippen molar-refractivity contribution in [3.05, 3.63) is 53.1 Å². The van der Waals surface area contributed by atoms with Crippen LogP contribution >= 0.6 is 11.3 Å². The van der Waals surface area contributed by atoms with Gasteiger partial charge in [0.1, 0.15) is 11.3 Å². The minimum atomic E-state index is -0.157. The molecule has 1 amide bonds. The van der Waals surface area contributed by atoms with Crippen LogP contribution in [0.25, 0.3) is 10.2 Å². The zero-order chi connectivity index (χ0) is 23.2. The van der Waals surface area contributed by atoms with Gasteiger partial charge in [0, 0.05) is 25.8 Å². The molecule has 1 aliphatic heterocycles. The maximum Gasteiger partial charge on any atom is 0.257 e. The summed E-state index contributed by atoms with van der Waals surface area (Å²) in [5.41, 5.74) is 3.89. The molecule has 0 spiro atoms. The molecule has 3 aromatic rings. The van der Waals surface area contributed by atoms with Crippen LogP contribution in [0, 0.1) is 0 Å². The number of fused-ring (bicyclic) bond motifs is 1. The first kappa shape index (κ1) is 23.6. The van der Waals surface area contributed by atoms with E-state index in [1.54, 1.807) is 14.2 Å². The van der Waals surface area contributed by atoms with E-state index in [0.717, 1.165) is 60.6 Å². The van der Waals surface area contributed by atoms with Crippen molar-refractivity contribution in [3.63, 3.8) is 0 Å². The molecule has 1 aromatic heterocycles. The maximum absolute atomic E-state index is 12.9. The smallest absolute Gasteiger partial charge is 0.257 e. The normalized spacial score (nSPS) is 14.7. The lowest BCUT2D eigenvalue weighted by molar-refractivity contribution is 0.102. The average Bonchev–Trinajstić information content (AvgIpc) is 3.26. The van der Waals surface area contributed by atoms with E-state index in [1.807, 2.05) is 30.3 Å². The van der Waals surface area contributed by atoms with Crippen molar-refractivity contribution >= 4 is 32.6 Å². The largest absolute Gasteiger partial charge is 0.494 e. The number of hydrogen-bond acceptors (Lipinski definition) is 7. The number of aromatic nitrogens is 1. The molecule has 0 radical (unpaired) electrons. The van der Waals surface area contributed by atoms with Crippen molar-refractivity contribution < 1.29 is 14.3 Å². The van der Waals surface area contributed by atoms with Crippen LogP contribution < -0.4 is 15.4 Å². The second-order valence-corrected chi connectivity index (χ2v) is 9.46. The van der Waals surface area contributed by atoms with E-state index < -0.39 is 0 Å². The number of nitrogens with one attached hydrogen (secondary N) is 2. The standard InChI is InChI=1S/C25H32N4O3S/c1-29(14-15-31-2)16-17-4-6-19(7-5-17)24(30)28-25-27-22-21(32-3)9-8-20(23(22)33-25)18-10-12-26-13-11-18/h4-9,18,26H,10-16H2,1-3H3,(H,27,28,30). The molecular weight excluding hydrogens is 436 g/mol. The Labute approximate surface area is 199 Å². The highest BCUT2D eigenvalue weighted by Crippen LogP contribution is 2.40. The van der Waals surface area contributed by atoms with E-state index in [-0.39, 0.29) is 5.91 Å². The molecule has 1 aliphatic rings. The minimum Gasteiger partial charge on any atom is -0.494 e. The van der Waals surface area contributed by atoms with Gasteiger partial charge in [-0.1, -0.05) is 29.5 Å². The van der Waals surface area contributed by atoms with Crippen molar-refractivity contribution in [2.45, 2.75) is 25.3 Å². The van der Waals surface area contributed by atoms with E-state index in [2.05, 4.69) is 28.6 Å². The summed E-state index contributed by atoms with van der Waals surface area (Å²) in [4.78, 5) is 19.8. The number of ether oxygens (including phenoxy) is 2. The Morgan fingerprint density at radius 1 is 1.18 bits per heavy atom. The molecule has 2 aromatic carbocycles. The first-order chi connectivity index (χ1) is 16.1. The lowest BCUT2D eigenvalue weighted by Gasteiger charge is -2.23. The van der Waals surface area contributed by atoms with Crippen LogP contribution in [0.4, 0.5) is 5.13 Å². The number of carbonyl (C=O) groups is 1. The Morgan fingerprint density at radius 3 is 2.64 bits per heavy atom. The van der Waals surface area contributed by atoms with Gasteiger partial charge in [-0.3, -0.25) is 15.0 Å². The molecule has 0 bridgehead atoms. The summed E-state index contributed by atoms with van der Waals surface area (Å²) in [6.45, 7) is 4.42. The summed E-state index contributed by atoms with van der Waals surface area (Å²) in [6.07, 6.45) is 2.21. The predicted octanol–water partition coefficient (Wildman–Crippen LogP) is 4.10. The number of likely N-dealkylation sites (N-methyl/N-ethyl adjacent to an activating group) is 1. The topological polar surface area (TPSA) is 75.7 Å². The van der Waals surface area contributed by atoms with Crippen LogP contribution in [-0.4, -0.2) is 63.3 Å². The number of hydrogen-bond donors (Lipinski definition) is 2. The Hall–Kier alpha value is -2.52. The fourth-order valence-electron chi connectivity index (χ4n) is 4.24.